The second kappa shape index (κ2) is 28.5. The number of ether oxygens (including phenoxy) is 1. The maximum atomic E-state index is 14.6. The number of rotatable bonds is 28. The third-order valence-electron chi connectivity index (χ3n) is 13.1. The van der Waals surface area contributed by atoms with Gasteiger partial charge in [0.1, 0.15) is 40.8 Å². The fourth-order valence-corrected chi connectivity index (χ4v) is 11.1. The van der Waals surface area contributed by atoms with Crippen LogP contribution in [0.15, 0.2) is 84.2 Å². The number of fused-ring (bicyclic) bond motifs is 4. The van der Waals surface area contributed by atoms with Gasteiger partial charge in [0.2, 0.25) is 29.5 Å². The number of hydrogen-bond donors (Lipinski definition) is 12. The number of thioether (sulfide) groups is 1. The summed E-state index contributed by atoms with van der Waals surface area (Å²) in [6, 6.07) is 15.2. The average Bonchev–Trinajstić information content (AvgIpc) is 4.31. The molecule has 78 heavy (non-hydrogen) atoms. The summed E-state index contributed by atoms with van der Waals surface area (Å²) in [5.74, 6) is -3.80. The Hall–Kier alpha value is -7.90. The van der Waals surface area contributed by atoms with Gasteiger partial charge in [-0.3, -0.25) is 34.4 Å². The fourth-order valence-electron chi connectivity index (χ4n) is 9.01. The standard InChI is InChI=1S/C53H66N14O9S2/c1-30(68)58-22-10-8-17-40(46(70)62-39(16-7-9-21-54)45(69)61-31-19-20-38-44(25-31)78-50(65-38)49-66-43(28-77-49)51(73)74)63-48(72)42(24-32-26-57-29-60-32)64-47(71)41(18-11-23-59-52(55)56-2)67-53(75)76-27-37-35-14-5-3-12-33(35)34-13-4-6-15-36(34)37/h3-6,12-15,19-20,25-26,29,37,39-43H,7-11,16-18,21-24,27-28,54H2,1-2H3,(H,57,60)(H,58,68)(H,61,69)(H,62,70)(H,63,72)(H,64,71)(H,67,75)(H,73,74)(H3,55,56,59)/t39-,40-,41-,42-,43+/m0/s1. The minimum absolute atomic E-state index is 0.0122. The summed E-state index contributed by atoms with van der Waals surface area (Å²) >= 11 is 2.62. The first kappa shape index (κ1) is 57.8. The van der Waals surface area contributed by atoms with Gasteiger partial charge in [0.25, 0.3) is 0 Å². The lowest BCUT2D eigenvalue weighted by molar-refractivity contribution is -0.137. The molecule has 5 atom stereocenters. The van der Waals surface area contributed by atoms with Crippen molar-refractivity contribution in [3.05, 3.63) is 101 Å². The number of carbonyl (C=O) groups excluding carboxylic acids is 6. The van der Waals surface area contributed by atoms with Gasteiger partial charge < -0.3 is 63.1 Å². The smallest absolute Gasteiger partial charge is 0.407 e. The van der Waals surface area contributed by atoms with E-state index in [1.807, 2.05) is 48.5 Å². The number of aromatic amines is 1. The number of carbonyl (C=O) groups is 7. The summed E-state index contributed by atoms with van der Waals surface area (Å²) in [6.07, 6.45) is 4.53. The van der Waals surface area contributed by atoms with Gasteiger partial charge in [0, 0.05) is 57.0 Å². The summed E-state index contributed by atoms with van der Waals surface area (Å²) < 4.78 is 6.53. The van der Waals surface area contributed by atoms with Crippen molar-refractivity contribution in [3.8, 4) is 11.1 Å². The van der Waals surface area contributed by atoms with Crippen molar-refractivity contribution in [2.75, 3.05) is 44.4 Å². The predicted molar refractivity (Wildman–Crippen MR) is 298 cm³/mol. The van der Waals surface area contributed by atoms with Gasteiger partial charge in [-0.25, -0.2) is 19.6 Å². The molecule has 0 spiro atoms. The fraction of sp³-hybridized carbons (Fsp3) is 0.415. The molecule has 7 rings (SSSR count). The molecule has 3 aromatic carbocycles. The second-order valence-electron chi connectivity index (χ2n) is 18.7. The van der Waals surface area contributed by atoms with E-state index in [0.717, 1.165) is 27.0 Å². The molecule has 6 amide bonds. The molecule has 0 fully saturated rings. The number of nitrogens with zero attached hydrogens (tertiary/aromatic N) is 3. The highest BCUT2D eigenvalue weighted by atomic mass is 32.2. The number of carboxylic acid groups (broad SMARTS) is 1. The van der Waals surface area contributed by atoms with Crippen molar-refractivity contribution in [2.24, 2.45) is 10.7 Å². The number of nitrogens with two attached hydrogens (primary N) is 1. The van der Waals surface area contributed by atoms with Gasteiger partial charge in [-0.1, -0.05) is 48.5 Å². The van der Waals surface area contributed by atoms with Crippen molar-refractivity contribution in [1.29, 1.82) is 5.41 Å². The Labute approximate surface area is 458 Å². The number of aromatic nitrogens is 3. The number of aliphatic carboxylic acids is 1. The largest absolute Gasteiger partial charge is 0.480 e. The summed E-state index contributed by atoms with van der Waals surface area (Å²) in [4.78, 5) is 110. The first-order chi connectivity index (χ1) is 37.7. The normalized spacial score (nSPS) is 15.1. The molecule has 0 unspecified atom stereocenters. The summed E-state index contributed by atoms with van der Waals surface area (Å²) in [7, 11) is 1.59. The number of unbranched alkanes of at least 4 members (excludes halogenated alkanes) is 2. The third-order valence-corrected chi connectivity index (χ3v) is 15.3. The Morgan fingerprint density at radius 1 is 0.795 bits per heavy atom. The molecular formula is C53H66N14O9S2. The summed E-state index contributed by atoms with van der Waals surface area (Å²) in [5.41, 5.74) is 11.4. The molecule has 2 aliphatic rings. The molecule has 2 aromatic heterocycles. The first-order valence-corrected chi connectivity index (χ1v) is 27.6. The number of imidazole rings is 1. The van der Waals surface area contributed by atoms with E-state index in [1.54, 1.807) is 31.4 Å². The zero-order chi connectivity index (χ0) is 55.6. The molecule has 13 N–H and O–H groups in total. The quantitative estimate of drug-likeness (QED) is 0.0194. The SMILES string of the molecule is CNC(=N)NCCC[C@H](NC(=O)OCC1c2ccccc2-c2ccccc21)C(=O)N[C@@H](Cc1c[nH]cn1)C(=O)N[C@@H](CCCCNC(C)=O)C(=O)N[C@@H](CCCCN)C(=O)Nc1ccc2nc(C3=N[C@@H](C(=O)O)CS3)sc2c1. The zero-order valence-electron chi connectivity index (χ0n) is 43.3. The van der Waals surface area contributed by atoms with E-state index in [-0.39, 0.29) is 56.6 Å². The lowest BCUT2D eigenvalue weighted by Gasteiger charge is -2.26. The highest BCUT2D eigenvalue weighted by Crippen LogP contribution is 2.44. The van der Waals surface area contributed by atoms with Gasteiger partial charge in [0.05, 0.1) is 22.2 Å². The number of hydrogen-bond acceptors (Lipinski definition) is 15. The number of benzene rings is 3. The molecule has 1 aliphatic heterocycles. The molecule has 23 nitrogen and oxygen atoms in total. The first-order valence-electron chi connectivity index (χ1n) is 25.8. The number of amides is 6. The molecule has 414 valence electrons. The van der Waals surface area contributed by atoms with Crippen LogP contribution >= 0.6 is 23.1 Å². The van der Waals surface area contributed by atoms with Crippen LogP contribution in [0.1, 0.15) is 86.0 Å². The van der Waals surface area contributed by atoms with Crippen LogP contribution < -0.4 is 48.3 Å². The second-order valence-corrected chi connectivity index (χ2v) is 20.8. The van der Waals surface area contributed by atoms with Crippen molar-refractivity contribution in [1.82, 2.24) is 52.2 Å². The highest BCUT2D eigenvalue weighted by Gasteiger charge is 2.34. The van der Waals surface area contributed by atoms with E-state index in [4.69, 9.17) is 15.9 Å². The molecule has 0 radical (unpaired) electrons. The van der Waals surface area contributed by atoms with Gasteiger partial charge in [-0.15, -0.1) is 23.1 Å². The van der Waals surface area contributed by atoms with Crippen molar-refractivity contribution in [2.45, 2.75) is 101 Å². The van der Waals surface area contributed by atoms with E-state index < -0.39 is 65.9 Å². The number of carboxylic acids is 1. The average molecular weight is 1110 g/mol. The van der Waals surface area contributed by atoms with Gasteiger partial charge in [-0.2, -0.15) is 0 Å². The van der Waals surface area contributed by atoms with Crippen LogP contribution in [0.2, 0.25) is 0 Å². The predicted octanol–water partition coefficient (Wildman–Crippen LogP) is 3.47. The molecule has 0 bridgehead atoms. The Morgan fingerprint density at radius 3 is 2.06 bits per heavy atom. The van der Waals surface area contributed by atoms with Crippen LogP contribution in [-0.4, -0.2) is 142 Å². The Morgan fingerprint density at radius 2 is 1.42 bits per heavy atom. The maximum absolute atomic E-state index is 14.6. The number of thiazole rings is 1. The number of guanidine groups is 1. The molecular weight excluding hydrogens is 1040 g/mol. The van der Waals surface area contributed by atoms with E-state index in [2.05, 4.69) is 62.5 Å². The van der Waals surface area contributed by atoms with Crippen LogP contribution in [0.5, 0.6) is 0 Å². The van der Waals surface area contributed by atoms with E-state index in [1.165, 1.54) is 36.3 Å². The minimum atomic E-state index is -1.33. The number of nitrogens with one attached hydrogen (secondary N) is 10. The molecule has 25 heteroatoms. The Bertz CT molecular complexity index is 2930. The molecule has 1 aliphatic carbocycles. The van der Waals surface area contributed by atoms with Crippen LogP contribution in [0.4, 0.5) is 10.5 Å². The molecule has 0 saturated carbocycles. The number of anilines is 1. The van der Waals surface area contributed by atoms with Crippen LogP contribution in [0.3, 0.4) is 0 Å². The van der Waals surface area contributed by atoms with Crippen LogP contribution in [0, 0.1) is 5.41 Å². The minimum Gasteiger partial charge on any atom is -0.480 e. The van der Waals surface area contributed by atoms with E-state index in [0.29, 0.717) is 77.9 Å². The zero-order valence-corrected chi connectivity index (χ0v) is 45.0. The Kier molecular flexibility index (Phi) is 21.1. The highest BCUT2D eigenvalue weighted by molar-refractivity contribution is 8.15. The molecule has 0 saturated heterocycles. The number of aliphatic imine (C=N–C) groups is 1. The maximum Gasteiger partial charge on any atom is 0.407 e. The lowest BCUT2D eigenvalue weighted by atomic mass is 9.98. The van der Waals surface area contributed by atoms with Gasteiger partial charge >= 0.3 is 12.1 Å². The monoisotopic (exact) mass is 1110 g/mol. The van der Waals surface area contributed by atoms with E-state index >= 15 is 0 Å². The molecule has 3 heterocycles. The Balaban J connectivity index is 1.06. The summed E-state index contributed by atoms with van der Waals surface area (Å²) in [6.45, 7) is 2.30. The lowest BCUT2D eigenvalue weighted by Crippen LogP contribution is -2.58. The van der Waals surface area contributed by atoms with Crippen LogP contribution in [0.25, 0.3) is 21.3 Å². The van der Waals surface area contributed by atoms with E-state index in [9.17, 15) is 38.7 Å². The number of alkyl carbamates (subject to hydrolysis) is 1. The third kappa shape index (κ3) is 16.1. The van der Waals surface area contributed by atoms with Crippen molar-refractivity contribution in [3.63, 3.8) is 0 Å². The summed E-state index contributed by atoms with van der Waals surface area (Å²) in [5, 5.41) is 40.8. The number of H-pyrrole nitrogens is 1. The van der Waals surface area contributed by atoms with Crippen molar-refractivity contribution >= 4 is 91.6 Å². The van der Waals surface area contributed by atoms with Crippen molar-refractivity contribution < 1.29 is 43.4 Å². The topological polar surface area (TPSA) is 349 Å². The molecule has 5 aromatic rings. The van der Waals surface area contributed by atoms with Crippen LogP contribution in [-0.2, 0) is 39.9 Å². The van der Waals surface area contributed by atoms with Gasteiger partial charge in [-0.05, 0) is 98.4 Å². The van der Waals surface area contributed by atoms with Gasteiger partial charge in [0.15, 0.2) is 12.0 Å².